The molecule has 1 N–H and O–H groups in total. The maximum absolute atomic E-state index is 6.40. The molecule has 2 aromatic carbocycles. The molecule has 0 radical (unpaired) electrons. The van der Waals surface area contributed by atoms with Crippen LogP contribution in [0.5, 0.6) is 17.4 Å². The molecule has 1 aliphatic heterocycles. The van der Waals surface area contributed by atoms with Gasteiger partial charge in [0.25, 0.3) is 5.88 Å². The topological polar surface area (TPSA) is 80.6 Å². The molecule has 5 rings (SSSR count). The van der Waals surface area contributed by atoms with E-state index in [0.29, 0.717) is 29.0 Å². The zero-order valence-electron chi connectivity index (χ0n) is 25.1. The molecule has 0 aliphatic carbocycles. The van der Waals surface area contributed by atoms with E-state index < -0.39 is 0 Å². The molecule has 1 saturated heterocycles. The molecule has 4 aromatic rings. The second kappa shape index (κ2) is 14.2. The first-order chi connectivity index (χ1) is 19.9. The summed E-state index contributed by atoms with van der Waals surface area (Å²) in [4.78, 5) is 15.3. The van der Waals surface area contributed by atoms with Crippen LogP contribution in [-0.4, -0.2) is 64.0 Å². The van der Waals surface area contributed by atoms with E-state index in [4.69, 9.17) is 19.4 Å². The standard InChI is InChI=1S/C29H35N7O2S.C2H6/c1-20(2)37-27-26(25-9-7-6-8-21(25)3)31-29(33-39-24-18-30-35(5)19-24)32-28(27)38-23-12-10-22(11-13-23)36-16-14-34(4)15-17-36;1-2/h6-13,18-20H,14-17H2,1-5H3,(H,31,32,33);1-2H3. The predicted octanol–water partition coefficient (Wildman–Crippen LogP) is 6.66. The van der Waals surface area contributed by atoms with Crippen LogP contribution in [0, 0.1) is 6.92 Å². The third kappa shape index (κ3) is 7.92. The Morgan fingerprint density at radius 2 is 1.63 bits per heavy atom. The number of aryl methyl sites for hydroxylation is 2. The van der Waals surface area contributed by atoms with Crippen molar-refractivity contribution in [3.8, 4) is 28.6 Å². The number of hydrogen-bond donors (Lipinski definition) is 1. The van der Waals surface area contributed by atoms with E-state index in [9.17, 15) is 0 Å². The second-order valence-electron chi connectivity index (χ2n) is 9.95. The van der Waals surface area contributed by atoms with Gasteiger partial charge in [-0.05, 0) is 69.6 Å². The van der Waals surface area contributed by atoms with Gasteiger partial charge in [0, 0.05) is 50.7 Å². The SMILES string of the molecule is CC.Cc1ccccc1-c1nc(NSc2cnn(C)c2)nc(Oc2ccc(N3CCN(C)CC3)cc2)c1OC(C)C. The van der Waals surface area contributed by atoms with Gasteiger partial charge in [0.15, 0.2) is 0 Å². The van der Waals surface area contributed by atoms with Crippen molar-refractivity contribution in [3.05, 3.63) is 66.5 Å². The Morgan fingerprint density at radius 3 is 2.27 bits per heavy atom. The molecule has 1 aliphatic rings. The number of ether oxygens (including phenoxy) is 2. The first-order valence-electron chi connectivity index (χ1n) is 14.1. The van der Waals surface area contributed by atoms with Crippen LogP contribution >= 0.6 is 11.9 Å². The smallest absolute Gasteiger partial charge is 0.268 e. The summed E-state index contributed by atoms with van der Waals surface area (Å²) in [7, 11) is 4.05. The van der Waals surface area contributed by atoms with Gasteiger partial charge in [-0.2, -0.15) is 10.1 Å². The average Bonchev–Trinajstić information content (AvgIpc) is 3.40. The van der Waals surface area contributed by atoms with Crippen LogP contribution < -0.4 is 19.1 Å². The molecule has 218 valence electrons. The lowest BCUT2D eigenvalue weighted by Gasteiger charge is -2.34. The Kier molecular flexibility index (Phi) is 10.5. The number of nitrogens with one attached hydrogen (secondary N) is 1. The van der Waals surface area contributed by atoms with Gasteiger partial charge in [0.05, 0.1) is 17.2 Å². The van der Waals surface area contributed by atoms with Crippen LogP contribution in [0.1, 0.15) is 33.3 Å². The molecule has 0 bridgehead atoms. The van der Waals surface area contributed by atoms with Crippen molar-refractivity contribution in [2.45, 2.75) is 45.6 Å². The highest BCUT2D eigenvalue weighted by Crippen LogP contribution is 2.41. The molecule has 0 spiro atoms. The first kappa shape index (κ1) is 30.2. The first-order valence-corrected chi connectivity index (χ1v) is 14.9. The Morgan fingerprint density at radius 1 is 0.927 bits per heavy atom. The fourth-order valence-electron chi connectivity index (χ4n) is 4.37. The second-order valence-corrected chi connectivity index (χ2v) is 10.8. The highest BCUT2D eigenvalue weighted by atomic mass is 32.2. The van der Waals surface area contributed by atoms with Crippen LogP contribution in [0.15, 0.2) is 65.8 Å². The van der Waals surface area contributed by atoms with Crippen LogP contribution in [0.25, 0.3) is 11.3 Å². The molecule has 0 amide bonds. The summed E-state index contributed by atoms with van der Waals surface area (Å²) >= 11 is 1.39. The quantitative estimate of drug-likeness (QED) is 0.220. The van der Waals surface area contributed by atoms with Gasteiger partial charge in [0.2, 0.25) is 11.7 Å². The van der Waals surface area contributed by atoms with Gasteiger partial charge in [0.1, 0.15) is 11.4 Å². The minimum atomic E-state index is -0.0955. The molecule has 41 heavy (non-hydrogen) atoms. The Labute approximate surface area is 248 Å². The van der Waals surface area contributed by atoms with Gasteiger partial charge in [-0.15, -0.1) is 0 Å². The molecular weight excluding hydrogens is 534 g/mol. The maximum atomic E-state index is 6.40. The van der Waals surface area contributed by atoms with E-state index in [-0.39, 0.29) is 6.10 Å². The average molecular weight is 576 g/mol. The number of hydrogen-bond acceptors (Lipinski definition) is 9. The number of anilines is 2. The van der Waals surface area contributed by atoms with Gasteiger partial charge in [-0.3, -0.25) is 9.40 Å². The molecule has 1 fully saturated rings. The summed E-state index contributed by atoms with van der Waals surface area (Å²) < 4.78 is 17.7. The minimum Gasteiger partial charge on any atom is -0.484 e. The molecule has 2 aromatic heterocycles. The van der Waals surface area contributed by atoms with E-state index in [2.05, 4.69) is 51.8 Å². The van der Waals surface area contributed by atoms with Crippen LogP contribution in [0.2, 0.25) is 0 Å². The molecule has 0 atom stereocenters. The van der Waals surface area contributed by atoms with Crippen LogP contribution in [-0.2, 0) is 7.05 Å². The highest BCUT2D eigenvalue weighted by molar-refractivity contribution is 8.00. The van der Waals surface area contributed by atoms with E-state index >= 15 is 0 Å². The van der Waals surface area contributed by atoms with Gasteiger partial charge in [-0.25, -0.2) is 4.98 Å². The number of likely N-dealkylation sites (N-methyl/N-ethyl adjacent to an activating group) is 1. The van der Waals surface area contributed by atoms with Gasteiger partial charge < -0.3 is 19.3 Å². The molecule has 0 saturated carbocycles. The Bertz CT molecular complexity index is 1400. The van der Waals surface area contributed by atoms with Gasteiger partial charge >= 0.3 is 0 Å². The number of piperazine rings is 1. The summed E-state index contributed by atoms with van der Waals surface area (Å²) in [6.07, 6.45) is 3.62. The largest absolute Gasteiger partial charge is 0.484 e. The fraction of sp³-hybridized carbons (Fsp3) is 0.387. The van der Waals surface area contributed by atoms with Crippen molar-refractivity contribution in [2.24, 2.45) is 7.05 Å². The zero-order chi connectivity index (χ0) is 29.4. The zero-order valence-corrected chi connectivity index (χ0v) is 25.9. The van der Waals surface area contributed by atoms with E-state index in [1.807, 2.05) is 71.3 Å². The molecule has 10 heteroatoms. The Hall–Kier alpha value is -3.76. The lowest BCUT2D eigenvalue weighted by atomic mass is 10.0. The predicted molar refractivity (Wildman–Crippen MR) is 168 cm³/mol. The van der Waals surface area contributed by atoms with Crippen molar-refractivity contribution in [1.29, 1.82) is 0 Å². The van der Waals surface area contributed by atoms with E-state index in [0.717, 1.165) is 42.2 Å². The number of rotatable bonds is 9. The monoisotopic (exact) mass is 575 g/mol. The van der Waals surface area contributed by atoms with Crippen LogP contribution in [0.3, 0.4) is 0 Å². The lowest BCUT2D eigenvalue weighted by Crippen LogP contribution is -2.44. The normalized spacial score (nSPS) is 13.5. The number of aromatic nitrogens is 4. The molecule has 3 heterocycles. The fourth-order valence-corrected chi connectivity index (χ4v) is 4.97. The third-order valence-electron chi connectivity index (χ3n) is 6.45. The number of nitrogens with zero attached hydrogens (tertiary/aromatic N) is 6. The van der Waals surface area contributed by atoms with Crippen molar-refractivity contribution in [1.82, 2.24) is 24.6 Å². The third-order valence-corrected chi connectivity index (χ3v) is 7.18. The number of benzene rings is 2. The van der Waals surface area contributed by atoms with Crippen molar-refractivity contribution < 1.29 is 9.47 Å². The lowest BCUT2D eigenvalue weighted by molar-refractivity contribution is 0.231. The molecule has 0 unspecified atom stereocenters. The van der Waals surface area contributed by atoms with E-state index in [1.54, 1.807) is 10.9 Å². The summed E-state index contributed by atoms with van der Waals surface area (Å²) in [6, 6.07) is 16.3. The highest BCUT2D eigenvalue weighted by Gasteiger charge is 2.22. The molecular formula is C31H41N7O2S. The maximum Gasteiger partial charge on any atom is 0.268 e. The molecule has 9 nitrogen and oxygen atoms in total. The summed E-state index contributed by atoms with van der Waals surface area (Å²) in [5.41, 5.74) is 3.90. The van der Waals surface area contributed by atoms with Gasteiger partial charge in [-0.1, -0.05) is 38.1 Å². The van der Waals surface area contributed by atoms with Crippen molar-refractivity contribution in [3.63, 3.8) is 0 Å². The summed E-state index contributed by atoms with van der Waals surface area (Å²) in [6.45, 7) is 14.2. The summed E-state index contributed by atoms with van der Waals surface area (Å²) in [5.74, 6) is 1.97. The minimum absolute atomic E-state index is 0.0955. The van der Waals surface area contributed by atoms with Crippen molar-refractivity contribution >= 4 is 23.6 Å². The van der Waals surface area contributed by atoms with Crippen LogP contribution in [0.4, 0.5) is 11.6 Å². The van der Waals surface area contributed by atoms with Crippen molar-refractivity contribution in [2.75, 3.05) is 42.8 Å². The summed E-state index contributed by atoms with van der Waals surface area (Å²) in [5, 5.41) is 4.23. The Balaban J connectivity index is 0.00000189. The van der Waals surface area contributed by atoms with E-state index in [1.165, 1.54) is 17.6 Å².